The van der Waals surface area contributed by atoms with E-state index in [0.717, 1.165) is 62.4 Å². The molecule has 192 valence electrons. The van der Waals surface area contributed by atoms with Crippen LogP contribution in [-0.4, -0.2) is 65.7 Å². The van der Waals surface area contributed by atoms with Crippen molar-refractivity contribution in [1.29, 1.82) is 0 Å². The number of carbonyl (C=O) groups is 1. The van der Waals surface area contributed by atoms with E-state index in [4.69, 9.17) is 4.98 Å². The van der Waals surface area contributed by atoms with Crippen LogP contribution in [0.5, 0.6) is 0 Å². The summed E-state index contributed by atoms with van der Waals surface area (Å²) in [6.45, 7) is 5.76. The van der Waals surface area contributed by atoms with Gasteiger partial charge in [-0.25, -0.2) is 15.0 Å². The first-order valence-electron chi connectivity index (χ1n) is 13.4. The monoisotopic (exact) mass is 491 g/mol. The van der Waals surface area contributed by atoms with Crippen LogP contribution >= 0.6 is 0 Å². The summed E-state index contributed by atoms with van der Waals surface area (Å²) in [5.41, 5.74) is 2.80. The second-order valence-electron chi connectivity index (χ2n) is 10.4. The molecule has 0 spiro atoms. The van der Waals surface area contributed by atoms with Gasteiger partial charge in [0.15, 0.2) is 0 Å². The molecule has 2 N–H and O–H groups in total. The Hall–Kier alpha value is -3.07. The lowest BCUT2D eigenvalue weighted by Crippen LogP contribution is -2.38. The summed E-state index contributed by atoms with van der Waals surface area (Å²) in [6.07, 6.45) is 16.2. The molecule has 4 heterocycles. The Morgan fingerprint density at radius 1 is 1.11 bits per heavy atom. The molecular formula is C27H37N7O2. The largest absolute Gasteiger partial charge is 0.393 e. The standard InChI is InChI=1S/C27H37N7O2/c1-3-4-18(2)31-27-30-15-23-24(16-34(25(23)32-27)21-5-7-22(35)8-6-21)19-9-11-33(12-10-19)26(36)20-13-28-17-29-14-20/h13-19,21-22,35H,3-12H2,1-2H3,(H,30,31,32). The van der Waals surface area contributed by atoms with Crippen LogP contribution in [0.4, 0.5) is 5.95 Å². The molecule has 0 radical (unpaired) electrons. The van der Waals surface area contributed by atoms with Gasteiger partial charge in [-0.3, -0.25) is 4.79 Å². The molecule has 1 atom stereocenters. The van der Waals surface area contributed by atoms with E-state index in [-0.39, 0.29) is 12.0 Å². The van der Waals surface area contributed by atoms with Crippen molar-refractivity contribution < 1.29 is 9.90 Å². The Morgan fingerprint density at radius 2 is 1.83 bits per heavy atom. The number of anilines is 1. The number of nitrogens with zero attached hydrogens (tertiary/aromatic N) is 6. The van der Waals surface area contributed by atoms with Gasteiger partial charge in [-0.05, 0) is 63.4 Å². The van der Waals surface area contributed by atoms with Crippen LogP contribution in [-0.2, 0) is 0 Å². The van der Waals surface area contributed by atoms with Crippen molar-refractivity contribution in [3.8, 4) is 0 Å². The van der Waals surface area contributed by atoms with Crippen molar-refractivity contribution in [1.82, 2.24) is 29.4 Å². The Labute approximate surface area is 212 Å². The van der Waals surface area contributed by atoms with Crippen LogP contribution in [0.25, 0.3) is 11.0 Å². The Morgan fingerprint density at radius 3 is 2.53 bits per heavy atom. The van der Waals surface area contributed by atoms with Crippen molar-refractivity contribution in [2.24, 2.45) is 0 Å². The second-order valence-corrected chi connectivity index (χ2v) is 10.4. The molecule has 9 heteroatoms. The van der Waals surface area contributed by atoms with Gasteiger partial charge in [0, 0.05) is 55.3 Å². The molecule has 3 aromatic rings. The number of carbonyl (C=O) groups excluding carboxylic acids is 1. The zero-order valence-electron chi connectivity index (χ0n) is 21.3. The molecule has 0 aromatic carbocycles. The molecule has 5 rings (SSSR count). The first-order chi connectivity index (χ1) is 17.5. The Bertz CT molecular complexity index is 1170. The highest BCUT2D eigenvalue weighted by Crippen LogP contribution is 2.38. The van der Waals surface area contributed by atoms with Crippen LogP contribution in [0.3, 0.4) is 0 Å². The van der Waals surface area contributed by atoms with E-state index < -0.39 is 0 Å². The number of fused-ring (bicyclic) bond motifs is 1. The van der Waals surface area contributed by atoms with Gasteiger partial charge in [0.25, 0.3) is 5.91 Å². The molecule has 1 aliphatic carbocycles. The van der Waals surface area contributed by atoms with Gasteiger partial charge in [-0.1, -0.05) is 13.3 Å². The quantitative estimate of drug-likeness (QED) is 0.507. The van der Waals surface area contributed by atoms with Crippen LogP contribution in [0.2, 0.25) is 0 Å². The smallest absolute Gasteiger partial charge is 0.256 e. The number of likely N-dealkylation sites (tertiary alicyclic amines) is 1. The number of amides is 1. The molecule has 2 fully saturated rings. The van der Waals surface area contributed by atoms with Crippen LogP contribution in [0.15, 0.2) is 31.1 Å². The number of hydrogen-bond acceptors (Lipinski definition) is 7. The highest BCUT2D eigenvalue weighted by Gasteiger charge is 2.30. The minimum Gasteiger partial charge on any atom is -0.393 e. The minimum absolute atomic E-state index is 0.00232. The maximum atomic E-state index is 12.9. The van der Waals surface area contributed by atoms with E-state index >= 15 is 0 Å². The average Bonchev–Trinajstić information content (AvgIpc) is 3.28. The van der Waals surface area contributed by atoms with Crippen LogP contribution in [0, 0.1) is 0 Å². The van der Waals surface area contributed by atoms with Crippen molar-refractivity contribution >= 4 is 22.9 Å². The zero-order valence-corrected chi connectivity index (χ0v) is 21.3. The molecule has 1 unspecified atom stereocenters. The number of piperidine rings is 1. The molecule has 36 heavy (non-hydrogen) atoms. The molecular weight excluding hydrogens is 454 g/mol. The van der Waals surface area contributed by atoms with Crippen LogP contribution in [0.1, 0.15) is 93.1 Å². The Balaban J connectivity index is 1.39. The molecule has 1 aliphatic heterocycles. The molecule has 2 aliphatic rings. The molecule has 1 saturated carbocycles. The summed E-state index contributed by atoms with van der Waals surface area (Å²) in [5, 5.41) is 14.6. The third kappa shape index (κ3) is 5.21. The van der Waals surface area contributed by atoms with Gasteiger partial charge in [0.05, 0.1) is 11.7 Å². The van der Waals surface area contributed by atoms with Gasteiger partial charge in [-0.15, -0.1) is 0 Å². The SMILES string of the molecule is CCCC(C)Nc1ncc2c(C3CCN(C(=O)c4cncnc4)CC3)cn(C3CCC(O)CC3)c2n1. The number of aromatic nitrogens is 5. The predicted molar refractivity (Wildman–Crippen MR) is 139 cm³/mol. The maximum absolute atomic E-state index is 12.9. The summed E-state index contributed by atoms with van der Waals surface area (Å²) < 4.78 is 2.34. The first-order valence-corrected chi connectivity index (χ1v) is 13.4. The average molecular weight is 492 g/mol. The van der Waals surface area contributed by atoms with Crippen molar-refractivity contribution in [3.05, 3.63) is 42.2 Å². The fourth-order valence-electron chi connectivity index (χ4n) is 5.77. The fraction of sp³-hybridized carbons (Fsp3) is 0.593. The first kappa shape index (κ1) is 24.6. The lowest BCUT2D eigenvalue weighted by atomic mass is 9.89. The third-order valence-electron chi connectivity index (χ3n) is 7.79. The molecule has 1 amide bonds. The molecule has 0 bridgehead atoms. The van der Waals surface area contributed by atoms with Gasteiger partial charge in [0.1, 0.15) is 12.0 Å². The summed E-state index contributed by atoms with van der Waals surface area (Å²) in [4.78, 5) is 32.4. The summed E-state index contributed by atoms with van der Waals surface area (Å²) >= 11 is 0. The number of aliphatic hydroxyl groups excluding tert-OH is 1. The second kappa shape index (κ2) is 10.9. The topological polar surface area (TPSA) is 109 Å². The normalized spacial score (nSPS) is 22.0. The number of hydrogen-bond donors (Lipinski definition) is 2. The number of rotatable bonds is 7. The van der Waals surface area contributed by atoms with E-state index in [9.17, 15) is 9.90 Å². The highest BCUT2D eigenvalue weighted by atomic mass is 16.3. The molecule has 9 nitrogen and oxygen atoms in total. The van der Waals surface area contributed by atoms with E-state index in [1.807, 2.05) is 11.1 Å². The number of aliphatic hydroxyl groups is 1. The highest BCUT2D eigenvalue weighted by molar-refractivity contribution is 5.93. The van der Waals surface area contributed by atoms with Crippen molar-refractivity contribution in [3.63, 3.8) is 0 Å². The minimum atomic E-state index is -0.193. The lowest BCUT2D eigenvalue weighted by molar-refractivity contribution is 0.0712. The summed E-state index contributed by atoms with van der Waals surface area (Å²) in [5.74, 6) is 1.02. The number of nitrogens with one attached hydrogen (secondary N) is 1. The van der Waals surface area contributed by atoms with Gasteiger partial charge in [0.2, 0.25) is 5.95 Å². The fourth-order valence-corrected chi connectivity index (χ4v) is 5.77. The molecule has 3 aromatic heterocycles. The lowest BCUT2D eigenvalue weighted by Gasteiger charge is -2.32. The Kier molecular flexibility index (Phi) is 7.46. The van der Waals surface area contributed by atoms with Crippen molar-refractivity contribution in [2.75, 3.05) is 18.4 Å². The molecule has 1 saturated heterocycles. The van der Waals surface area contributed by atoms with Crippen molar-refractivity contribution in [2.45, 2.75) is 89.3 Å². The summed E-state index contributed by atoms with van der Waals surface area (Å²) in [6, 6.07) is 0.650. The maximum Gasteiger partial charge on any atom is 0.256 e. The van der Waals surface area contributed by atoms with Gasteiger partial charge in [-0.2, -0.15) is 4.98 Å². The zero-order chi connectivity index (χ0) is 25.1. The van der Waals surface area contributed by atoms with Gasteiger partial charge >= 0.3 is 0 Å². The van der Waals surface area contributed by atoms with Gasteiger partial charge < -0.3 is 19.9 Å². The van der Waals surface area contributed by atoms with E-state index in [2.05, 4.69) is 44.9 Å². The van der Waals surface area contributed by atoms with E-state index in [1.165, 1.54) is 11.9 Å². The predicted octanol–water partition coefficient (Wildman–Crippen LogP) is 4.32. The van der Waals surface area contributed by atoms with E-state index in [0.29, 0.717) is 42.6 Å². The van der Waals surface area contributed by atoms with E-state index in [1.54, 1.807) is 12.4 Å². The van der Waals surface area contributed by atoms with Crippen LogP contribution < -0.4 is 5.32 Å². The summed E-state index contributed by atoms with van der Waals surface area (Å²) in [7, 11) is 0. The third-order valence-corrected chi connectivity index (χ3v) is 7.79.